The molecule has 5 atom stereocenters. The number of aliphatic hydroxyl groups excluding tert-OH is 3. The third-order valence-corrected chi connectivity index (χ3v) is 7.29. The molecule has 0 bridgehead atoms. The lowest BCUT2D eigenvalue weighted by Gasteiger charge is -2.37. The Morgan fingerprint density at radius 2 is 1.68 bits per heavy atom. The van der Waals surface area contributed by atoms with Gasteiger partial charge in [0.2, 0.25) is 6.04 Å². The van der Waals surface area contributed by atoms with E-state index in [2.05, 4.69) is 10.1 Å². The highest BCUT2D eigenvalue weighted by molar-refractivity contribution is 8.00. The van der Waals surface area contributed by atoms with Gasteiger partial charge in [-0.25, -0.2) is 18.2 Å². The first kappa shape index (κ1) is 27.0. The predicted octanol–water partition coefficient (Wildman–Crippen LogP) is 1.48. The second kappa shape index (κ2) is 11.4. The van der Waals surface area contributed by atoms with Crippen LogP contribution in [0.25, 0.3) is 0 Å². The van der Waals surface area contributed by atoms with Gasteiger partial charge < -0.3 is 25.9 Å². The normalized spacial score (nSPS) is 25.8. The minimum absolute atomic E-state index is 0.199. The van der Waals surface area contributed by atoms with Crippen LogP contribution >= 0.6 is 46.6 Å². The zero-order chi connectivity index (χ0) is 25.2. The quantitative estimate of drug-likeness (QED) is 0.120. The van der Waals surface area contributed by atoms with Crippen molar-refractivity contribution in [3.8, 4) is 0 Å². The number of ether oxygens (including phenoxy) is 1. The molecule has 1 saturated heterocycles. The second-order valence-electron chi connectivity index (χ2n) is 7.13. The highest BCUT2D eigenvalue weighted by Crippen LogP contribution is 2.39. The van der Waals surface area contributed by atoms with E-state index in [1.54, 1.807) is 0 Å². The van der Waals surface area contributed by atoms with Crippen LogP contribution in [-0.4, -0.2) is 63.6 Å². The van der Waals surface area contributed by atoms with Gasteiger partial charge in [-0.05, 0) is 24.3 Å². The van der Waals surface area contributed by atoms with Crippen molar-refractivity contribution >= 4 is 58.5 Å². The maximum atomic E-state index is 13.6. The maximum absolute atomic E-state index is 13.6. The van der Waals surface area contributed by atoms with Gasteiger partial charge in [-0.2, -0.15) is 5.10 Å². The van der Waals surface area contributed by atoms with E-state index < -0.39 is 53.8 Å². The van der Waals surface area contributed by atoms with E-state index in [1.165, 1.54) is 12.1 Å². The second-order valence-corrected chi connectivity index (χ2v) is 9.49. The van der Waals surface area contributed by atoms with E-state index >= 15 is 0 Å². The number of hydrogen-bond donors (Lipinski definition) is 5. The molecule has 0 amide bonds. The first-order valence-electron chi connectivity index (χ1n) is 9.53. The predicted molar refractivity (Wildman–Crippen MR) is 123 cm³/mol. The zero-order valence-electron chi connectivity index (χ0n) is 16.9. The molecule has 6 N–H and O–H groups in total. The molecule has 1 aliphatic rings. The molecule has 1 fully saturated rings. The van der Waals surface area contributed by atoms with Crippen molar-refractivity contribution in [3.63, 3.8) is 0 Å². The smallest absolute Gasteiger partial charge is 0.208 e. The topological polar surface area (TPSA) is 122 Å². The number of halogens is 6. The molecule has 0 aliphatic carbocycles. The average molecular weight is 560 g/mol. The molecule has 3 unspecified atom stereocenters. The summed E-state index contributed by atoms with van der Waals surface area (Å²) >= 11 is 19.1. The summed E-state index contributed by atoms with van der Waals surface area (Å²) in [5.41, 5.74) is -1.45. The summed E-state index contributed by atoms with van der Waals surface area (Å²) in [6.07, 6.45) is -2.85. The van der Waals surface area contributed by atoms with Crippen molar-refractivity contribution < 1.29 is 38.2 Å². The van der Waals surface area contributed by atoms with Crippen molar-refractivity contribution in [2.75, 3.05) is 6.61 Å². The average Bonchev–Trinajstić information content (AvgIpc) is 2.79. The Hall–Kier alpha value is -1.57. The van der Waals surface area contributed by atoms with Crippen LogP contribution < -0.4 is 10.8 Å². The Bertz CT molecular complexity index is 1100. The molecule has 1 heterocycles. The summed E-state index contributed by atoms with van der Waals surface area (Å²) in [5.74, 6) is 0.737. The SMILES string of the molecule is NN=C(C=[NH+]C1C(O)[C@@H](Sc2cc(Cl)c(Cl)cc2Cl)OC(CO)[C@@H]1O)c1cc(F)c(F)c(F)c1. The van der Waals surface area contributed by atoms with Crippen LogP contribution in [0.4, 0.5) is 13.2 Å². The van der Waals surface area contributed by atoms with Crippen LogP contribution in [-0.2, 0) is 4.74 Å². The van der Waals surface area contributed by atoms with E-state index in [9.17, 15) is 28.5 Å². The van der Waals surface area contributed by atoms with Gasteiger partial charge in [0, 0.05) is 10.5 Å². The standard InChI is InChI=1S/C20H17Cl3F3N3O4S/c21-8-3-10(23)15(4-9(8)22)34-20-19(32)17(18(31)14(6-30)33-20)28-5-13(29-27)7-1-11(24)16(26)12(25)2-7/h1-5,14,17-20,30-32H,6,27H2/p+1/t14?,17?,18-,19?,20+/m0/s1. The molecule has 2 aromatic rings. The number of aliphatic hydroxyl groups is 3. The molecular weight excluding hydrogens is 542 g/mol. The lowest BCUT2D eigenvalue weighted by molar-refractivity contribution is -0.537. The molecule has 0 radical (unpaired) electrons. The summed E-state index contributed by atoms with van der Waals surface area (Å²) < 4.78 is 46.1. The maximum Gasteiger partial charge on any atom is 0.208 e. The number of hydrogen-bond acceptors (Lipinski definition) is 7. The molecule has 0 spiro atoms. The van der Waals surface area contributed by atoms with Gasteiger partial charge >= 0.3 is 0 Å². The number of nitrogens with zero attached hydrogens (tertiary/aromatic N) is 1. The number of nitrogens with one attached hydrogen (secondary N) is 1. The van der Waals surface area contributed by atoms with Crippen molar-refractivity contribution in [1.82, 2.24) is 0 Å². The molecular formula is C20H18Cl3F3N3O4S+. The fourth-order valence-electron chi connectivity index (χ4n) is 3.17. The van der Waals surface area contributed by atoms with Crippen molar-refractivity contribution in [1.29, 1.82) is 0 Å². The number of hydrazone groups is 1. The summed E-state index contributed by atoms with van der Waals surface area (Å²) in [6.45, 7) is -0.593. The summed E-state index contributed by atoms with van der Waals surface area (Å²) in [5, 5.41) is 35.1. The Labute approximate surface area is 211 Å². The van der Waals surface area contributed by atoms with Crippen LogP contribution in [0.3, 0.4) is 0 Å². The van der Waals surface area contributed by atoms with E-state index in [0.717, 1.165) is 18.0 Å². The van der Waals surface area contributed by atoms with E-state index in [-0.39, 0.29) is 26.3 Å². The summed E-state index contributed by atoms with van der Waals surface area (Å²) in [6, 6.07) is 3.09. The van der Waals surface area contributed by atoms with Gasteiger partial charge in [-0.15, -0.1) is 0 Å². The molecule has 7 nitrogen and oxygen atoms in total. The van der Waals surface area contributed by atoms with Crippen LogP contribution in [0.5, 0.6) is 0 Å². The Morgan fingerprint density at radius 1 is 1.06 bits per heavy atom. The minimum Gasteiger partial charge on any atom is -0.394 e. The molecule has 34 heavy (non-hydrogen) atoms. The highest BCUT2D eigenvalue weighted by Gasteiger charge is 2.48. The monoisotopic (exact) mass is 558 g/mol. The van der Waals surface area contributed by atoms with Crippen molar-refractivity contribution in [3.05, 3.63) is 62.3 Å². The number of nitrogens with two attached hydrogens (primary N) is 1. The van der Waals surface area contributed by atoms with E-state index in [0.29, 0.717) is 17.0 Å². The highest BCUT2D eigenvalue weighted by atomic mass is 35.5. The number of benzene rings is 2. The Kier molecular flexibility index (Phi) is 9.10. The fraction of sp³-hybridized carbons (Fsp3) is 0.300. The number of rotatable bonds is 6. The first-order valence-corrected chi connectivity index (χ1v) is 11.5. The van der Waals surface area contributed by atoms with E-state index in [4.69, 9.17) is 45.4 Å². The minimum atomic E-state index is -1.66. The van der Waals surface area contributed by atoms with Crippen molar-refractivity contribution in [2.45, 2.75) is 34.7 Å². The third kappa shape index (κ3) is 5.80. The molecule has 2 aromatic carbocycles. The molecule has 3 rings (SSSR count). The Morgan fingerprint density at radius 3 is 2.26 bits per heavy atom. The van der Waals surface area contributed by atoms with Gasteiger partial charge in [0.25, 0.3) is 0 Å². The molecule has 0 aromatic heterocycles. The lowest BCUT2D eigenvalue weighted by atomic mass is 9.98. The van der Waals surface area contributed by atoms with Gasteiger partial charge in [-0.3, -0.25) is 0 Å². The van der Waals surface area contributed by atoms with Crippen LogP contribution in [0.1, 0.15) is 5.56 Å². The third-order valence-electron chi connectivity index (χ3n) is 4.93. The summed E-state index contributed by atoms with van der Waals surface area (Å²) in [4.78, 5) is 3.09. The molecule has 0 saturated carbocycles. The van der Waals surface area contributed by atoms with Gasteiger partial charge in [0.15, 0.2) is 35.5 Å². The molecule has 14 heteroatoms. The molecule has 184 valence electrons. The van der Waals surface area contributed by atoms with Gasteiger partial charge in [0.1, 0.15) is 17.6 Å². The zero-order valence-corrected chi connectivity index (χ0v) is 20.0. The fourth-order valence-corrected chi connectivity index (χ4v) is 5.03. The lowest BCUT2D eigenvalue weighted by Crippen LogP contribution is -2.87. The van der Waals surface area contributed by atoms with Crippen LogP contribution in [0, 0.1) is 17.5 Å². The van der Waals surface area contributed by atoms with Gasteiger partial charge in [0.05, 0.1) is 21.7 Å². The van der Waals surface area contributed by atoms with Gasteiger partial charge in [-0.1, -0.05) is 46.6 Å². The largest absolute Gasteiger partial charge is 0.394 e. The van der Waals surface area contributed by atoms with E-state index in [1.807, 2.05) is 0 Å². The summed E-state index contributed by atoms with van der Waals surface area (Å²) in [7, 11) is 0. The van der Waals surface area contributed by atoms with Crippen LogP contribution in [0.15, 0.2) is 34.3 Å². The first-order chi connectivity index (χ1) is 16.1. The van der Waals surface area contributed by atoms with Crippen LogP contribution in [0.2, 0.25) is 15.1 Å². The Balaban J connectivity index is 1.88. The number of thioether (sulfide) groups is 1. The molecule has 1 aliphatic heterocycles. The van der Waals surface area contributed by atoms with Crippen molar-refractivity contribution in [2.24, 2.45) is 10.9 Å².